The average Bonchev–Trinajstić information content (AvgIpc) is 3.16. The van der Waals surface area contributed by atoms with Gasteiger partial charge in [-0.2, -0.15) is 0 Å². The number of amides is 1. The summed E-state index contributed by atoms with van der Waals surface area (Å²) < 4.78 is 11.3. The van der Waals surface area contributed by atoms with E-state index in [2.05, 4.69) is 6.92 Å². The van der Waals surface area contributed by atoms with Gasteiger partial charge in [0.05, 0.1) is 25.3 Å². The van der Waals surface area contributed by atoms with Crippen molar-refractivity contribution in [1.29, 1.82) is 0 Å². The number of hydrogen-bond donors (Lipinski definition) is 1. The first-order chi connectivity index (χ1) is 17.5. The van der Waals surface area contributed by atoms with Crippen molar-refractivity contribution in [2.75, 3.05) is 18.6 Å². The van der Waals surface area contributed by atoms with Crippen LogP contribution in [0.5, 0.6) is 11.5 Å². The number of aliphatic hydroxyl groups excluding tert-OH is 1. The molecular formula is C30H31NO5. The Kier molecular flexibility index (Phi) is 7.74. The zero-order chi connectivity index (χ0) is 25.7. The van der Waals surface area contributed by atoms with Gasteiger partial charge in [-0.3, -0.25) is 14.5 Å². The van der Waals surface area contributed by atoms with Crippen molar-refractivity contribution in [3.05, 3.63) is 95.1 Å². The summed E-state index contributed by atoms with van der Waals surface area (Å²) in [6, 6.07) is 20.7. The van der Waals surface area contributed by atoms with Crippen molar-refractivity contribution in [1.82, 2.24) is 0 Å². The van der Waals surface area contributed by atoms with Crippen LogP contribution in [0.1, 0.15) is 48.9 Å². The molecule has 0 radical (unpaired) electrons. The third-order valence-corrected chi connectivity index (χ3v) is 6.30. The molecule has 1 fully saturated rings. The van der Waals surface area contributed by atoms with Gasteiger partial charge in [0.1, 0.15) is 17.3 Å². The number of aliphatic hydroxyl groups is 1. The lowest BCUT2D eigenvalue weighted by Gasteiger charge is -2.27. The molecule has 0 spiro atoms. The highest BCUT2D eigenvalue weighted by molar-refractivity contribution is 6.51. The molecule has 0 aliphatic carbocycles. The van der Waals surface area contributed by atoms with Gasteiger partial charge in [-0.15, -0.1) is 0 Å². The summed E-state index contributed by atoms with van der Waals surface area (Å²) in [7, 11) is 1.54. The van der Waals surface area contributed by atoms with E-state index in [-0.39, 0.29) is 11.3 Å². The Bertz CT molecular complexity index is 1280. The first-order valence-corrected chi connectivity index (χ1v) is 12.2. The van der Waals surface area contributed by atoms with E-state index in [0.29, 0.717) is 34.9 Å². The van der Waals surface area contributed by atoms with Gasteiger partial charge in [-0.25, -0.2) is 0 Å². The number of benzene rings is 3. The van der Waals surface area contributed by atoms with Crippen LogP contribution in [0.15, 0.2) is 78.4 Å². The molecule has 1 saturated heterocycles. The van der Waals surface area contributed by atoms with Gasteiger partial charge in [0, 0.05) is 16.8 Å². The number of Topliss-reactive ketones (excluding diaryl/α,β-unsaturated/α-hetero) is 1. The number of ketones is 1. The van der Waals surface area contributed by atoms with E-state index in [1.165, 1.54) is 12.0 Å². The Balaban J connectivity index is 1.79. The monoisotopic (exact) mass is 485 g/mol. The minimum absolute atomic E-state index is 0.0163. The van der Waals surface area contributed by atoms with Gasteiger partial charge >= 0.3 is 0 Å². The Morgan fingerprint density at radius 3 is 2.42 bits per heavy atom. The number of rotatable bonds is 9. The molecule has 36 heavy (non-hydrogen) atoms. The third-order valence-electron chi connectivity index (χ3n) is 6.30. The molecule has 1 heterocycles. The maximum absolute atomic E-state index is 13.4. The molecule has 3 aromatic carbocycles. The molecule has 1 aliphatic rings. The molecule has 0 aromatic heterocycles. The van der Waals surface area contributed by atoms with E-state index in [1.807, 2.05) is 37.3 Å². The number of hydrogen-bond acceptors (Lipinski definition) is 5. The predicted octanol–water partition coefficient (Wildman–Crippen LogP) is 6.20. The van der Waals surface area contributed by atoms with Crippen molar-refractivity contribution < 1.29 is 24.2 Å². The first kappa shape index (κ1) is 25.0. The fourth-order valence-corrected chi connectivity index (χ4v) is 4.47. The smallest absolute Gasteiger partial charge is 0.300 e. The summed E-state index contributed by atoms with van der Waals surface area (Å²) in [6.07, 6.45) is 3.19. The lowest BCUT2D eigenvalue weighted by atomic mass is 9.94. The predicted molar refractivity (Wildman–Crippen MR) is 140 cm³/mol. The Morgan fingerprint density at radius 2 is 1.72 bits per heavy atom. The molecule has 6 heteroatoms. The number of unbranched alkanes of at least 4 members (excludes halogenated alkanes) is 2. The van der Waals surface area contributed by atoms with Crippen LogP contribution in [0.4, 0.5) is 5.69 Å². The molecular weight excluding hydrogens is 454 g/mol. The van der Waals surface area contributed by atoms with Crippen molar-refractivity contribution in [2.24, 2.45) is 0 Å². The van der Waals surface area contributed by atoms with Gasteiger partial charge in [-0.05, 0) is 61.4 Å². The number of aryl methyl sites for hydroxylation is 1. The summed E-state index contributed by atoms with van der Waals surface area (Å²) in [5.41, 5.74) is 2.57. The van der Waals surface area contributed by atoms with Crippen LogP contribution in [0.3, 0.4) is 0 Å². The molecule has 0 saturated carbocycles. The summed E-state index contributed by atoms with van der Waals surface area (Å²) in [5.74, 6) is -0.483. The number of anilines is 1. The van der Waals surface area contributed by atoms with E-state index < -0.39 is 17.7 Å². The molecule has 1 aliphatic heterocycles. The number of ether oxygens (including phenoxy) is 2. The van der Waals surface area contributed by atoms with Gasteiger partial charge in [0.15, 0.2) is 0 Å². The molecule has 4 rings (SSSR count). The topological polar surface area (TPSA) is 76.1 Å². The second-order valence-electron chi connectivity index (χ2n) is 8.83. The highest BCUT2D eigenvalue weighted by Crippen LogP contribution is 2.45. The maximum Gasteiger partial charge on any atom is 0.300 e. The van der Waals surface area contributed by atoms with Crippen molar-refractivity contribution >= 4 is 23.1 Å². The van der Waals surface area contributed by atoms with E-state index in [0.717, 1.165) is 24.8 Å². The Morgan fingerprint density at radius 1 is 0.972 bits per heavy atom. The molecule has 186 valence electrons. The summed E-state index contributed by atoms with van der Waals surface area (Å²) in [5, 5.41) is 11.4. The lowest BCUT2D eigenvalue weighted by Crippen LogP contribution is -2.29. The standard InChI is InChI=1S/C30H31NO5/c1-4-5-8-18-36-23-16-14-21(15-17-23)28(32)26-27(24-12-6-7-13-25(24)35-3)31(30(34)29(26)33)22-11-9-10-20(2)19-22/h6-7,9-17,19,27,32H,4-5,8,18H2,1-3H3/b28-26+. The van der Waals surface area contributed by atoms with Crippen molar-refractivity contribution in [3.63, 3.8) is 0 Å². The largest absolute Gasteiger partial charge is 0.507 e. The highest BCUT2D eigenvalue weighted by Gasteiger charge is 2.47. The van der Waals surface area contributed by atoms with E-state index in [4.69, 9.17) is 9.47 Å². The summed E-state index contributed by atoms with van der Waals surface area (Å²) in [4.78, 5) is 28.1. The van der Waals surface area contributed by atoms with E-state index >= 15 is 0 Å². The van der Waals surface area contributed by atoms with Crippen LogP contribution in [-0.4, -0.2) is 30.5 Å². The number of carbonyl (C=O) groups excluding carboxylic acids is 2. The average molecular weight is 486 g/mol. The van der Waals surface area contributed by atoms with Gasteiger partial charge < -0.3 is 14.6 Å². The molecule has 1 unspecified atom stereocenters. The van der Waals surface area contributed by atoms with Crippen LogP contribution >= 0.6 is 0 Å². The number of methoxy groups -OCH3 is 1. The van der Waals surface area contributed by atoms with Crippen molar-refractivity contribution in [2.45, 2.75) is 39.2 Å². The molecule has 6 nitrogen and oxygen atoms in total. The third kappa shape index (κ3) is 4.98. The number of carbonyl (C=O) groups is 2. The zero-order valence-electron chi connectivity index (χ0n) is 20.9. The van der Waals surface area contributed by atoms with Crippen LogP contribution < -0.4 is 14.4 Å². The number of para-hydroxylation sites is 1. The Hall–Kier alpha value is -4.06. The van der Waals surface area contributed by atoms with Crippen LogP contribution in [0.2, 0.25) is 0 Å². The molecule has 1 N–H and O–H groups in total. The molecule has 3 aromatic rings. The normalized spacial score (nSPS) is 16.9. The minimum Gasteiger partial charge on any atom is -0.507 e. The summed E-state index contributed by atoms with van der Waals surface area (Å²) in [6.45, 7) is 4.68. The quantitative estimate of drug-likeness (QED) is 0.169. The zero-order valence-corrected chi connectivity index (χ0v) is 20.9. The van der Waals surface area contributed by atoms with Crippen molar-refractivity contribution in [3.8, 4) is 11.5 Å². The van der Waals surface area contributed by atoms with Crippen LogP contribution in [0.25, 0.3) is 5.76 Å². The SMILES string of the molecule is CCCCCOc1ccc(/C(O)=C2\C(=O)C(=O)N(c3cccc(C)c3)C2c2ccccc2OC)cc1. The fourth-order valence-electron chi connectivity index (χ4n) is 4.47. The Labute approximate surface area is 211 Å². The van der Waals surface area contributed by atoms with Crippen LogP contribution in [0, 0.1) is 6.92 Å². The molecule has 1 amide bonds. The van der Waals surface area contributed by atoms with Crippen LogP contribution in [-0.2, 0) is 9.59 Å². The van der Waals surface area contributed by atoms with Gasteiger partial charge in [0.2, 0.25) is 0 Å². The fraction of sp³-hybridized carbons (Fsp3) is 0.267. The second kappa shape index (κ2) is 11.1. The summed E-state index contributed by atoms with van der Waals surface area (Å²) >= 11 is 0. The van der Waals surface area contributed by atoms with Gasteiger partial charge in [0.25, 0.3) is 11.7 Å². The first-order valence-electron chi connectivity index (χ1n) is 12.2. The van der Waals surface area contributed by atoms with E-state index in [1.54, 1.807) is 42.5 Å². The van der Waals surface area contributed by atoms with E-state index in [9.17, 15) is 14.7 Å². The highest BCUT2D eigenvalue weighted by atomic mass is 16.5. The van der Waals surface area contributed by atoms with Gasteiger partial charge in [-0.1, -0.05) is 50.1 Å². The number of nitrogens with zero attached hydrogens (tertiary/aromatic N) is 1. The minimum atomic E-state index is -0.854. The lowest BCUT2D eigenvalue weighted by molar-refractivity contribution is -0.132. The maximum atomic E-state index is 13.4. The molecule has 1 atom stereocenters. The second-order valence-corrected chi connectivity index (χ2v) is 8.83. The molecule has 0 bridgehead atoms.